The van der Waals surface area contributed by atoms with Crippen LogP contribution in [0.5, 0.6) is 5.75 Å². The van der Waals surface area contributed by atoms with E-state index >= 15 is 0 Å². The molecule has 2 aromatic heterocycles. The SMILES string of the molecule is CCNC(=O)NC1(C2CNCCC2(C)C(=O)O)N=CC=CN1c1cc(-c2cc(OCC)ccn2)c2scnc2c1. The van der Waals surface area contributed by atoms with Crippen molar-refractivity contribution in [3.8, 4) is 17.0 Å². The summed E-state index contributed by atoms with van der Waals surface area (Å²) in [6.45, 7) is 7.29. The van der Waals surface area contributed by atoms with E-state index in [1.807, 2.05) is 49.2 Å². The third-order valence-electron chi connectivity index (χ3n) is 7.52. The summed E-state index contributed by atoms with van der Waals surface area (Å²) in [5, 5.41) is 19.6. The minimum atomic E-state index is -1.45. The molecule has 210 valence electrons. The van der Waals surface area contributed by atoms with E-state index in [-0.39, 0.29) is 0 Å². The Morgan fingerprint density at radius 3 is 2.90 bits per heavy atom. The molecule has 12 heteroatoms. The molecule has 5 rings (SSSR count). The van der Waals surface area contributed by atoms with Crippen LogP contribution in [0.25, 0.3) is 21.5 Å². The number of thiazole rings is 1. The molecule has 4 N–H and O–H groups in total. The highest BCUT2D eigenvalue weighted by Crippen LogP contribution is 2.46. The molecule has 2 amide bonds. The molecule has 0 saturated carbocycles. The van der Waals surface area contributed by atoms with Gasteiger partial charge in [0, 0.05) is 49.0 Å². The van der Waals surface area contributed by atoms with Crippen LogP contribution in [0.3, 0.4) is 0 Å². The number of aromatic nitrogens is 2. The Morgan fingerprint density at radius 2 is 2.12 bits per heavy atom. The van der Waals surface area contributed by atoms with Crippen molar-refractivity contribution in [2.75, 3.05) is 31.1 Å². The number of benzene rings is 1. The molecular formula is C28H33N7O4S. The molecule has 3 atom stereocenters. The van der Waals surface area contributed by atoms with E-state index in [2.05, 4.69) is 25.9 Å². The highest BCUT2D eigenvalue weighted by atomic mass is 32.1. The van der Waals surface area contributed by atoms with Gasteiger partial charge in [-0.15, -0.1) is 11.3 Å². The smallest absolute Gasteiger partial charge is 0.318 e. The van der Waals surface area contributed by atoms with E-state index in [9.17, 15) is 14.7 Å². The first-order chi connectivity index (χ1) is 19.3. The third-order valence-corrected chi connectivity index (χ3v) is 8.40. The predicted octanol–water partition coefficient (Wildman–Crippen LogP) is 3.83. The van der Waals surface area contributed by atoms with Crippen molar-refractivity contribution < 1.29 is 19.4 Å². The highest BCUT2D eigenvalue weighted by Gasteiger charge is 2.57. The second-order valence-electron chi connectivity index (χ2n) is 9.93. The van der Waals surface area contributed by atoms with Crippen LogP contribution in [0, 0.1) is 11.3 Å². The molecular weight excluding hydrogens is 530 g/mol. The summed E-state index contributed by atoms with van der Waals surface area (Å²) in [4.78, 5) is 41.7. The lowest BCUT2D eigenvalue weighted by Crippen LogP contribution is -2.71. The first-order valence-electron chi connectivity index (χ1n) is 13.3. The number of ether oxygens (including phenoxy) is 1. The van der Waals surface area contributed by atoms with Gasteiger partial charge in [-0.25, -0.2) is 14.8 Å². The summed E-state index contributed by atoms with van der Waals surface area (Å²) in [6, 6.07) is 7.16. The van der Waals surface area contributed by atoms with Crippen molar-refractivity contribution in [2.45, 2.75) is 33.0 Å². The maximum absolute atomic E-state index is 13.1. The number of anilines is 1. The Morgan fingerprint density at radius 1 is 1.27 bits per heavy atom. The first kappa shape index (κ1) is 27.5. The van der Waals surface area contributed by atoms with E-state index in [1.165, 1.54) is 11.3 Å². The van der Waals surface area contributed by atoms with Gasteiger partial charge in [0.15, 0.2) is 0 Å². The van der Waals surface area contributed by atoms with Crippen molar-refractivity contribution >= 4 is 45.5 Å². The average molecular weight is 564 g/mol. The molecule has 1 saturated heterocycles. The van der Waals surface area contributed by atoms with Crippen LogP contribution < -0.4 is 25.6 Å². The number of aliphatic carboxylic acids is 1. The largest absolute Gasteiger partial charge is 0.494 e. The predicted molar refractivity (Wildman–Crippen MR) is 156 cm³/mol. The van der Waals surface area contributed by atoms with Crippen molar-refractivity contribution in [1.29, 1.82) is 0 Å². The van der Waals surface area contributed by atoms with Crippen LogP contribution in [0.2, 0.25) is 0 Å². The standard InChI is InChI=1S/C28H33N7O4S/c1-4-30-26(38)34-28(23-16-29-11-8-27(23,3)25(36)37)33-9-6-12-35(28)18-13-20(24-22(14-18)32-17-40-24)21-15-19(39-5-2)7-10-31-21/h6-7,9-10,12-15,17,23,29H,4-5,8,11,16H2,1-3H3,(H,36,37)(H2,30,34,38). The monoisotopic (exact) mass is 563 g/mol. The Hall–Kier alpha value is -4.03. The molecule has 1 aromatic carbocycles. The number of rotatable bonds is 8. The van der Waals surface area contributed by atoms with Crippen LogP contribution in [-0.4, -0.2) is 65.3 Å². The number of fused-ring (bicyclic) bond motifs is 1. The lowest BCUT2D eigenvalue weighted by Gasteiger charge is -2.52. The number of hydrogen-bond donors (Lipinski definition) is 4. The van der Waals surface area contributed by atoms with Gasteiger partial charge in [0.1, 0.15) is 5.75 Å². The molecule has 0 radical (unpaired) electrons. The number of amides is 2. The van der Waals surface area contributed by atoms with Gasteiger partial charge in [-0.1, -0.05) is 0 Å². The normalized spacial score (nSPS) is 24.2. The molecule has 2 aliphatic rings. The number of carbonyl (C=O) groups is 2. The Bertz CT molecular complexity index is 1470. The Kier molecular flexibility index (Phi) is 7.72. The van der Waals surface area contributed by atoms with Crippen LogP contribution in [-0.2, 0) is 4.79 Å². The zero-order chi connectivity index (χ0) is 28.3. The summed E-state index contributed by atoms with van der Waals surface area (Å²) in [6.07, 6.45) is 7.28. The second-order valence-corrected chi connectivity index (χ2v) is 10.8. The number of carbonyl (C=O) groups excluding carboxylic acids is 1. The van der Waals surface area contributed by atoms with Gasteiger partial charge < -0.3 is 25.4 Å². The quantitative estimate of drug-likeness (QED) is 0.324. The molecule has 11 nitrogen and oxygen atoms in total. The lowest BCUT2D eigenvalue weighted by molar-refractivity contribution is -0.155. The number of piperidine rings is 1. The summed E-state index contributed by atoms with van der Waals surface area (Å²) >= 11 is 1.51. The van der Waals surface area contributed by atoms with Crippen molar-refractivity contribution in [1.82, 2.24) is 25.9 Å². The van der Waals surface area contributed by atoms with Crippen molar-refractivity contribution in [3.63, 3.8) is 0 Å². The molecule has 3 aromatic rings. The fourth-order valence-corrected chi connectivity index (χ4v) is 6.28. The summed E-state index contributed by atoms with van der Waals surface area (Å²) < 4.78 is 6.67. The molecule has 0 bridgehead atoms. The van der Waals surface area contributed by atoms with E-state index < -0.39 is 29.1 Å². The number of aliphatic imine (C=N–C) groups is 1. The lowest BCUT2D eigenvalue weighted by atomic mass is 9.68. The zero-order valence-corrected chi connectivity index (χ0v) is 23.5. The highest BCUT2D eigenvalue weighted by molar-refractivity contribution is 7.17. The van der Waals surface area contributed by atoms with Gasteiger partial charge in [0.25, 0.3) is 0 Å². The zero-order valence-electron chi connectivity index (χ0n) is 22.7. The topological polar surface area (TPSA) is 141 Å². The Labute approximate surface area is 236 Å². The number of pyridine rings is 1. The molecule has 0 spiro atoms. The minimum absolute atomic E-state index is 0.334. The molecule has 4 heterocycles. The van der Waals surface area contributed by atoms with E-state index in [0.29, 0.717) is 49.8 Å². The summed E-state index contributed by atoms with van der Waals surface area (Å²) in [7, 11) is 0. The van der Waals surface area contributed by atoms with Crippen molar-refractivity contribution in [2.24, 2.45) is 16.3 Å². The number of hydrogen-bond acceptors (Lipinski definition) is 9. The number of carboxylic acid groups (broad SMARTS) is 1. The first-order valence-corrected chi connectivity index (χ1v) is 14.2. The second kappa shape index (κ2) is 11.2. The van der Waals surface area contributed by atoms with Gasteiger partial charge in [-0.2, -0.15) is 0 Å². The maximum atomic E-state index is 13.1. The fourth-order valence-electron chi connectivity index (χ4n) is 5.48. The summed E-state index contributed by atoms with van der Waals surface area (Å²) in [5.74, 6) is -2.32. The number of allylic oxidation sites excluding steroid dienone is 1. The average Bonchev–Trinajstić information content (AvgIpc) is 3.42. The maximum Gasteiger partial charge on any atom is 0.318 e. The van der Waals surface area contributed by atoms with Gasteiger partial charge in [0.2, 0.25) is 5.79 Å². The molecule has 0 aliphatic carbocycles. The van der Waals surface area contributed by atoms with Gasteiger partial charge >= 0.3 is 12.0 Å². The van der Waals surface area contributed by atoms with Gasteiger partial charge in [-0.05, 0) is 58.0 Å². The van der Waals surface area contributed by atoms with Crippen LogP contribution in [0.1, 0.15) is 27.2 Å². The van der Waals surface area contributed by atoms with E-state index in [1.54, 1.807) is 30.9 Å². The van der Waals surface area contributed by atoms with Crippen molar-refractivity contribution in [3.05, 3.63) is 48.2 Å². The molecule has 3 unspecified atom stereocenters. The number of urea groups is 1. The van der Waals surface area contributed by atoms with Gasteiger partial charge in [0.05, 0.1) is 39.4 Å². The number of nitrogens with one attached hydrogen (secondary N) is 3. The molecule has 2 aliphatic heterocycles. The van der Waals surface area contributed by atoms with E-state index in [0.717, 1.165) is 15.8 Å². The van der Waals surface area contributed by atoms with Crippen LogP contribution in [0.15, 0.2) is 53.2 Å². The molecule has 40 heavy (non-hydrogen) atoms. The van der Waals surface area contributed by atoms with Gasteiger partial charge in [-0.3, -0.25) is 15.1 Å². The molecule has 1 fully saturated rings. The summed E-state index contributed by atoms with van der Waals surface area (Å²) in [5.41, 5.74) is 3.59. The van der Waals surface area contributed by atoms with Crippen LogP contribution in [0.4, 0.5) is 10.5 Å². The Balaban J connectivity index is 1.70. The number of nitrogens with zero attached hydrogens (tertiary/aromatic N) is 4. The minimum Gasteiger partial charge on any atom is -0.494 e. The van der Waals surface area contributed by atoms with Crippen LogP contribution >= 0.6 is 11.3 Å². The number of carboxylic acids is 1. The fraction of sp³-hybridized carbons (Fsp3) is 0.393. The third kappa shape index (κ3) is 4.88. The van der Waals surface area contributed by atoms with E-state index in [4.69, 9.17) is 9.73 Å².